The number of hydrogen-bond acceptors (Lipinski definition) is 4. The molecule has 2 amide bonds. The number of carbonyl (C=O) groups is 2. The van der Waals surface area contributed by atoms with Gasteiger partial charge in [-0.1, -0.05) is 6.42 Å². The van der Waals surface area contributed by atoms with E-state index in [1.54, 1.807) is 0 Å². The van der Waals surface area contributed by atoms with Crippen molar-refractivity contribution in [2.24, 2.45) is 0 Å². The number of amides is 2. The first-order valence-electron chi connectivity index (χ1n) is 8.01. The Morgan fingerprint density at radius 1 is 1.10 bits per heavy atom. The minimum absolute atomic E-state index is 0.132. The summed E-state index contributed by atoms with van der Waals surface area (Å²) < 4.78 is 0. The van der Waals surface area contributed by atoms with Crippen molar-refractivity contribution in [1.82, 2.24) is 15.1 Å². The molecular weight excluding hydrogens is 270 g/mol. The minimum atomic E-state index is -0.568. The summed E-state index contributed by atoms with van der Waals surface area (Å²) in [7, 11) is 0. The van der Waals surface area contributed by atoms with Crippen LogP contribution in [0.3, 0.4) is 0 Å². The molecule has 0 aromatic carbocycles. The maximum absolute atomic E-state index is 12.4. The van der Waals surface area contributed by atoms with Crippen molar-refractivity contribution in [2.45, 2.75) is 51.2 Å². The van der Waals surface area contributed by atoms with Gasteiger partial charge >= 0.3 is 0 Å². The molecule has 2 atom stereocenters. The summed E-state index contributed by atoms with van der Waals surface area (Å²) in [4.78, 5) is 27.6. The third-order valence-electron chi connectivity index (χ3n) is 4.42. The number of aliphatic hydroxyl groups is 1. The van der Waals surface area contributed by atoms with E-state index in [1.165, 1.54) is 26.2 Å². The van der Waals surface area contributed by atoms with Crippen LogP contribution >= 0.6 is 0 Å². The number of aliphatic hydroxyl groups excluding tert-OH is 1. The molecule has 6 heteroatoms. The Labute approximate surface area is 126 Å². The van der Waals surface area contributed by atoms with Gasteiger partial charge in [-0.2, -0.15) is 0 Å². The lowest BCUT2D eigenvalue weighted by atomic mass is 10.1. The Bertz CT molecular complexity index is 369. The SMILES string of the molecule is CC(=O)N[C@H]1CCN(C(=O)CN2CCCCC2)CC[C@@H]1O. The summed E-state index contributed by atoms with van der Waals surface area (Å²) in [5.41, 5.74) is 0. The molecule has 21 heavy (non-hydrogen) atoms. The van der Waals surface area contributed by atoms with E-state index in [0.717, 1.165) is 13.1 Å². The van der Waals surface area contributed by atoms with Gasteiger partial charge in [0, 0.05) is 20.0 Å². The number of hydrogen-bond donors (Lipinski definition) is 2. The van der Waals surface area contributed by atoms with E-state index in [1.807, 2.05) is 4.90 Å². The molecule has 2 heterocycles. The fraction of sp³-hybridized carbons (Fsp3) is 0.867. The second-order valence-electron chi connectivity index (χ2n) is 6.17. The van der Waals surface area contributed by atoms with Crippen molar-refractivity contribution in [3.63, 3.8) is 0 Å². The van der Waals surface area contributed by atoms with Crippen molar-refractivity contribution < 1.29 is 14.7 Å². The molecule has 120 valence electrons. The molecule has 6 nitrogen and oxygen atoms in total. The summed E-state index contributed by atoms with van der Waals surface area (Å²) in [6, 6.07) is -0.240. The largest absolute Gasteiger partial charge is 0.391 e. The van der Waals surface area contributed by atoms with E-state index in [0.29, 0.717) is 32.5 Å². The normalized spacial score (nSPS) is 28.0. The van der Waals surface area contributed by atoms with E-state index in [2.05, 4.69) is 10.2 Å². The summed E-state index contributed by atoms with van der Waals surface area (Å²) in [5, 5.41) is 12.8. The Morgan fingerprint density at radius 2 is 1.76 bits per heavy atom. The monoisotopic (exact) mass is 297 g/mol. The van der Waals surface area contributed by atoms with E-state index in [-0.39, 0.29) is 17.9 Å². The van der Waals surface area contributed by atoms with Gasteiger partial charge in [0.1, 0.15) is 0 Å². The van der Waals surface area contributed by atoms with E-state index in [4.69, 9.17) is 0 Å². The van der Waals surface area contributed by atoms with Crippen LogP contribution < -0.4 is 5.32 Å². The molecule has 0 spiro atoms. The predicted octanol–water partition coefficient (Wildman–Crippen LogP) is -0.0397. The van der Waals surface area contributed by atoms with Crippen LogP contribution in [0.1, 0.15) is 39.0 Å². The summed E-state index contributed by atoms with van der Waals surface area (Å²) >= 11 is 0. The highest BCUT2D eigenvalue weighted by molar-refractivity contribution is 5.78. The average Bonchev–Trinajstić information content (AvgIpc) is 2.63. The molecule has 2 aliphatic heterocycles. The fourth-order valence-corrected chi connectivity index (χ4v) is 3.18. The van der Waals surface area contributed by atoms with Gasteiger partial charge in [0.25, 0.3) is 0 Å². The predicted molar refractivity (Wildman–Crippen MR) is 79.7 cm³/mol. The lowest BCUT2D eigenvalue weighted by molar-refractivity contribution is -0.132. The van der Waals surface area contributed by atoms with Crippen LogP contribution in [-0.4, -0.2) is 71.6 Å². The lowest BCUT2D eigenvalue weighted by Crippen LogP contribution is -2.43. The van der Waals surface area contributed by atoms with Gasteiger partial charge in [0.15, 0.2) is 0 Å². The van der Waals surface area contributed by atoms with Crippen LogP contribution in [0.15, 0.2) is 0 Å². The number of nitrogens with one attached hydrogen (secondary N) is 1. The topological polar surface area (TPSA) is 72.9 Å². The summed E-state index contributed by atoms with van der Waals surface area (Å²) in [6.07, 6.45) is 4.19. The standard InChI is InChI=1S/C15H27N3O3/c1-12(19)16-13-5-9-18(10-6-14(13)20)15(21)11-17-7-3-2-4-8-17/h13-14,20H,2-11H2,1H3,(H,16,19)/t13-,14-/m0/s1. The molecule has 0 radical (unpaired) electrons. The molecular formula is C15H27N3O3. The molecule has 0 aromatic heterocycles. The van der Waals surface area contributed by atoms with Crippen molar-refractivity contribution in [3.8, 4) is 0 Å². The maximum Gasteiger partial charge on any atom is 0.236 e. The molecule has 2 fully saturated rings. The smallest absolute Gasteiger partial charge is 0.236 e. The van der Waals surface area contributed by atoms with Gasteiger partial charge in [0.2, 0.25) is 11.8 Å². The van der Waals surface area contributed by atoms with Crippen LogP contribution in [0.5, 0.6) is 0 Å². The third-order valence-corrected chi connectivity index (χ3v) is 4.42. The quantitative estimate of drug-likeness (QED) is 0.767. The fourth-order valence-electron chi connectivity index (χ4n) is 3.18. The first kappa shape index (κ1) is 16.2. The van der Waals surface area contributed by atoms with Gasteiger partial charge in [-0.05, 0) is 38.8 Å². The van der Waals surface area contributed by atoms with Crippen LogP contribution in [-0.2, 0) is 9.59 Å². The average molecular weight is 297 g/mol. The molecule has 0 saturated carbocycles. The number of nitrogens with zero attached hydrogens (tertiary/aromatic N) is 2. The van der Waals surface area contributed by atoms with Gasteiger partial charge in [-0.3, -0.25) is 14.5 Å². The first-order valence-corrected chi connectivity index (χ1v) is 8.01. The van der Waals surface area contributed by atoms with Crippen LogP contribution in [0.2, 0.25) is 0 Å². The van der Waals surface area contributed by atoms with Crippen LogP contribution in [0.25, 0.3) is 0 Å². The van der Waals surface area contributed by atoms with Crippen molar-refractivity contribution in [3.05, 3.63) is 0 Å². The number of carbonyl (C=O) groups excluding carboxylic acids is 2. The highest BCUT2D eigenvalue weighted by atomic mass is 16.3. The zero-order valence-corrected chi connectivity index (χ0v) is 12.9. The molecule has 2 saturated heterocycles. The van der Waals surface area contributed by atoms with Crippen LogP contribution in [0, 0.1) is 0 Å². The number of likely N-dealkylation sites (tertiary alicyclic amines) is 2. The van der Waals surface area contributed by atoms with E-state index < -0.39 is 6.10 Å². The zero-order valence-electron chi connectivity index (χ0n) is 12.9. The number of piperidine rings is 1. The minimum Gasteiger partial charge on any atom is -0.391 e. The molecule has 2 rings (SSSR count). The van der Waals surface area contributed by atoms with Gasteiger partial charge in [0.05, 0.1) is 18.7 Å². The highest BCUT2D eigenvalue weighted by Crippen LogP contribution is 2.14. The Hall–Kier alpha value is -1.14. The number of rotatable bonds is 3. The lowest BCUT2D eigenvalue weighted by Gasteiger charge is -2.29. The first-order chi connectivity index (χ1) is 10.1. The van der Waals surface area contributed by atoms with Crippen molar-refractivity contribution in [1.29, 1.82) is 0 Å². The Balaban J connectivity index is 1.83. The molecule has 0 bridgehead atoms. The van der Waals surface area contributed by atoms with E-state index >= 15 is 0 Å². The van der Waals surface area contributed by atoms with Gasteiger partial charge in [-0.15, -0.1) is 0 Å². The van der Waals surface area contributed by atoms with Gasteiger partial charge < -0.3 is 15.3 Å². The van der Waals surface area contributed by atoms with Gasteiger partial charge in [-0.25, -0.2) is 0 Å². The molecule has 2 N–H and O–H groups in total. The maximum atomic E-state index is 12.4. The second kappa shape index (κ2) is 7.75. The van der Waals surface area contributed by atoms with Crippen molar-refractivity contribution in [2.75, 3.05) is 32.7 Å². The molecule has 0 aliphatic carbocycles. The highest BCUT2D eigenvalue weighted by Gasteiger charge is 2.28. The second-order valence-corrected chi connectivity index (χ2v) is 6.17. The van der Waals surface area contributed by atoms with E-state index in [9.17, 15) is 14.7 Å². The Kier molecular flexibility index (Phi) is 5.99. The Morgan fingerprint density at radius 3 is 2.43 bits per heavy atom. The summed E-state index contributed by atoms with van der Waals surface area (Å²) in [6.45, 7) is 5.14. The molecule has 2 aliphatic rings. The van der Waals surface area contributed by atoms with Crippen molar-refractivity contribution >= 4 is 11.8 Å². The zero-order chi connectivity index (χ0) is 15.2. The molecule has 0 aromatic rings. The van der Waals surface area contributed by atoms with Crippen LogP contribution in [0.4, 0.5) is 0 Å². The third kappa shape index (κ3) is 4.97. The summed E-state index contributed by atoms with van der Waals surface area (Å²) in [5.74, 6) is 0.0136. The molecule has 0 unspecified atom stereocenters.